The molecule has 1 heterocycles. The fraction of sp³-hybridized carbons (Fsp3) is 0.650. The van der Waals surface area contributed by atoms with Crippen LogP contribution in [0.3, 0.4) is 0 Å². The molecule has 152 valence electrons. The van der Waals surface area contributed by atoms with Crippen molar-refractivity contribution < 1.29 is 17.6 Å². The lowest BCUT2D eigenvalue weighted by Crippen LogP contribution is -2.49. The van der Waals surface area contributed by atoms with Crippen molar-refractivity contribution in [3.63, 3.8) is 0 Å². The number of likely N-dealkylation sites (tertiary alicyclic amines) is 1. The van der Waals surface area contributed by atoms with Crippen LogP contribution < -0.4 is 0 Å². The molecule has 0 saturated carbocycles. The first-order valence-corrected chi connectivity index (χ1v) is 13.8. The van der Waals surface area contributed by atoms with Crippen LogP contribution in [0.5, 0.6) is 0 Å². The van der Waals surface area contributed by atoms with E-state index in [0.717, 1.165) is 0 Å². The van der Waals surface area contributed by atoms with Gasteiger partial charge in [0.15, 0.2) is 23.4 Å². The number of benzene rings is 1. The maximum atomic E-state index is 13.4. The average Bonchev–Trinajstić information content (AvgIpc) is 2.83. The highest BCUT2D eigenvalue weighted by atomic mass is 32.2. The van der Waals surface area contributed by atoms with E-state index >= 15 is 0 Å². The molecule has 7 heteroatoms. The lowest BCUT2D eigenvalue weighted by Gasteiger charge is -2.39. The molecule has 1 aliphatic heterocycles. The highest BCUT2D eigenvalue weighted by Gasteiger charge is 2.54. The summed E-state index contributed by atoms with van der Waals surface area (Å²) in [6.45, 7) is 16.6. The number of carbonyl (C=O) groups is 1. The molecule has 0 N–H and O–H groups in total. The highest BCUT2D eigenvalue weighted by molar-refractivity contribution is 7.93. The molecule has 2 atom stereocenters. The van der Waals surface area contributed by atoms with Crippen LogP contribution in [-0.2, 0) is 19.1 Å². The Balaban J connectivity index is 2.51. The first-order valence-electron chi connectivity index (χ1n) is 9.37. The molecule has 0 aliphatic carbocycles. The molecule has 1 aliphatic rings. The molecule has 0 aromatic heterocycles. The minimum absolute atomic E-state index is 0.0771. The zero-order valence-corrected chi connectivity index (χ0v) is 19.6. The van der Waals surface area contributed by atoms with Crippen molar-refractivity contribution in [2.45, 2.75) is 81.5 Å². The van der Waals surface area contributed by atoms with Gasteiger partial charge in [-0.2, -0.15) is 0 Å². The quantitative estimate of drug-likeness (QED) is 0.706. The van der Waals surface area contributed by atoms with Crippen molar-refractivity contribution in [2.24, 2.45) is 0 Å². The van der Waals surface area contributed by atoms with E-state index in [1.807, 2.05) is 20.8 Å². The largest absolute Gasteiger partial charge is 0.410 e. The number of hydrogen-bond donors (Lipinski definition) is 0. The monoisotopic (exact) mass is 411 g/mol. The van der Waals surface area contributed by atoms with E-state index in [1.54, 1.807) is 35.2 Å². The number of hydrogen-bond acceptors (Lipinski definition) is 4. The van der Waals surface area contributed by atoms with Gasteiger partial charge in [-0.3, -0.25) is 4.79 Å². The fourth-order valence-electron chi connectivity index (χ4n) is 3.03. The molecule has 2 rings (SSSR count). The van der Waals surface area contributed by atoms with Crippen LogP contribution in [-0.4, -0.2) is 51.0 Å². The van der Waals surface area contributed by atoms with Gasteiger partial charge in [0.05, 0.1) is 11.0 Å². The maximum absolute atomic E-state index is 13.4. The summed E-state index contributed by atoms with van der Waals surface area (Å²) in [4.78, 5) is 15.0. The van der Waals surface area contributed by atoms with Gasteiger partial charge in [-0.05, 0) is 51.0 Å². The lowest BCUT2D eigenvalue weighted by molar-refractivity contribution is -0.131. The first-order chi connectivity index (χ1) is 12.1. The lowest BCUT2D eigenvalue weighted by atomic mass is 10.1. The van der Waals surface area contributed by atoms with Gasteiger partial charge in [0.2, 0.25) is 5.91 Å². The van der Waals surface area contributed by atoms with Gasteiger partial charge in [-0.15, -0.1) is 0 Å². The predicted octanol–water partition coefficient (Wildman–Crippen LogP) is 3.86. The van der Waals surface area contributed by atoms with Gasteiger partial charge < -0.3 is 9.33 Å². The summed E-state index contributed by atoms with van der Waals surface area (Å²) in [6, 6.07) is 8.22. The Hall–Kier alpha value is -1.18. The summed E-state index contributed by atoms with van der Waals surface area (Å²) in [5.41, 5.74) is -0.465. The van der Waals surface area contributed by atoms with Crippen molar-refractivity contribution >= 4 is 24.1 Å². The van der Waals surface area contributed by atoms with Gasteiger partial charge >= 0.3 is 0 Å². The van der Waals surface area contributed by atoms with Gasteiger partial charge in [-0.1, -0.05) is 39.0 Å². The van der Waals surface area contributed by atoms with Crippen LogP contribution in [0.25, 0.3) is 0 Å². The van der Waals surface area contributed by atoms with Crippen molar-refractivity contribution in [1.82, 2.24) is 4.90 Å². The third-order valence-corrected chi connectivity index (χ3v) is 12.3. The van der Waals surface area contributed by atoms with Crippen LogP contribution >= 0.6 is 0 Å². The number of nitrogens with zero attached hydrogens (tertiary/aromatic N) is 1. The van der Waals surface area contributed by atoms with Crippen molar-refractivity contribution in [3.05, 3.63) is 30.3 Å². The predicted molar refractivity (Wildman–Crippen MR) is 111 cm³/mol. The Morgan fingerprint density at radius 1 is 1.04 bits per heavy atom. The minimum atomic E-state index is -3.84. The van der Waals surface area contributed by atoms with E-state index in [1.165, 1.54) is 0 Å². The van der Waals surface area contributed by atoms with Gasteiger partial charge in [-0.25, -0.2) is 8.42 Å². The Morgan fingerprint density at radius 2 is 1.56 bits per heavy atom. The second-order valence-corrected chi connectivity index (χ2v) is 16.6. The van der Waals surface area contributed by atoms with Gasteiger partial charge in [0.1, 0.15) is 0 Å². The van der Waals surface area contributed by atoms with E-state index in [2.05, 4.69) is 33.9 Å². The number of carbonyl (C=O) groups excluding carboxylic acids is 1. The van der Waals surface area contributed by atoms with Gasteiger partial charge in [0, 0.05) is 12.1 Å². The van der Waals surface area contributed by atoms with Crippen LogP contribution in [0, 0.1) is 0 Å². The summed E-state index contributed by atoms with van der Waals surface area (Å²) < 4.78 is 33.2. The Morgan fingerprint density at radius 3 is 2.00 bits per heavy atom. The molecule has 0 unspecified atom stereocenters. The molecular formula is C20H33NO4SSi. The van der Waals surface area contributed by atoms with E-state index in [4.69, 9.17) is 4.43 Å². The van der Waals surface area contributed by atoms with Crippen LogP contribution in [0.4, 0.5) is 0 Å². The number of rotatable bonds is 4. The molecule has 1 aromatic carbocycles. The van der Waals surface area contributed by atoms with Crippen molar-refractivity contribution in [3.8, 4) is 0 Å². The normalized spacial score (nSPS) is 22.4. The summed E-state index contributed by atoms with van der Waals surface area (Å²) in [5, 5.41) is -1.28. The summed E-state index contributed by atoms with van der Waals surface area (Å²) in [7, 11) is -6.10. The molecule has 1 amide bonds. The highest BCUT2D eigenvalue weighted by Crippen LogP contribution is 2.40. The van der Waals surface area contributed by atoms with E-state index in [0.29, 0.717) is 6.54 Å². The minimum Gasteiger partial charge on any atom is -0.410 e. The molecule has 1 fully saturated rings. The molecular weight excluding hydrogens is 378 g/mol. The van der Waals surface area contributed by atoms with Crippen LogP contribution in [0.15, 0.2) is 35.2 Å². The molecule has 27 heavy (non-hydrogen) atoms. The summed E-state index contributed by atoms with van der Waals surface area (Å²) in [5.74, 6) is -0.366. The third-order valence-electron chi connectivity index (χ3n) is 5.68. The van der Waals surface area contributed by atoms with Crippen LogP contribution in [0.1, 0.15) is 41.5 Å². The topological polar surface area (TPSA) is 63.7 Å². The van der Waals surface area contributed by atoms with E-state index in [-0.39, 0.29) is 15.8 Å². The van der Waals surface area contributed by atoms with Gasteiger partial charge in [0.25, 0.3) is 0 Å². The fourth-order valence-corrected chi connectivity index (χ4v) is 6.21. The molecule has 0 bridgehead atoms. The molecule has 0 spiro atoms. The van der Waals surface area contributed by atoms with Crippen molar-refractivity contribution in [2.75, 3.05) is 6.54 Å². The van der Waals surface area contributed by atoms with Crippen LogP contribution in [0.2, 0.25) is 18.1 Å². The zero-order valence-electron chi connectivity index (χ0n) is 17.7. The van der Waals surface area contributed by atoms with E-state index in [9.17, 15) is 13.2 Å². The summed E-state index contributed by atoms with van der Waals surface area (Å²) in [6.07, 6.45) is -0.664. The van der Waals surface area contributed by atoms with Crippen molar-refractivity contribution in [1.29, 1.82) is 0 Å². The third kappa shape index (κ3) is 4.30. The second-order valence-electron chi connectivity index (χ2n) is 9.81. The first kappa shape index (κ1) is 22.1. The number of sulfone groups is 1. The molecule has 1 aromatic rings. The SMILES string of the molecule is CC(C)(C)N1C[C@@H](O[Si](C)(C)C(C)(C)C)[C@H](S(=O)(=O)c2ccccc2)C1=O. The average molecular weight is 412 g/mol. The molecule has 0 radical (unpaired) electrons. The Labute approximate surface area is 165 Å². The zero-order chi connectivity index (χ0) is 20.8. The smallest absolute Gasteiger partial charge is 0.244 e. The maximum Gasteiger partial charge on any atom is 0.244 e. The Bertz CT molecular complexity index is 792. The summed E-state index contributed by atoms with van der Waals surface area (Å²) >= 11 is 0. The number of amides is 1. The van der Waals surface area contributed by atoms with E-state index < -0.39 is 35.0 Å². The second kappa shape index (κ2) is 7.01. The Kier molecular flexibility index (Phi) is 5.74. The standard InChI is InChI=1S/C20H33NO4SSi/c1-19(2,3)21-14-16(25-27(7,8)20(4,5)6)17(18(21)22)26(23,24)15-12-10-9-11-13-15/h9-13,16-17H,14H2,1-8H3/t16-,17+/m1/s1. The molecule has 5 nitrogen and oxygen atoms in total. The molecule has 1 saturated heterocycles.